The van der Waals surface area contributed by atoms with Crippen molar-refractivity contribution in [3.63, 3.8) is 0 Å². The van der Waals surface area contributed by atoms with Gasteiger partial charge in [0.15, 0.2) is 0 Å². The smallest absolute Gasteiger partial charge is 0.227 e. The summed E-state index contributed by atoms with van der Waals surface area (Å²) in [6, 6.07) is 8.19. The van der Waals surface area contributed by atoms with Gasteiger partial charge in [-0.25, -0.2) is 0 Å². The molecule has 0 heterocycles. The Morgan fingerprint density at radius 1 is 1.33 bits per heavy atom. The molecule has 18 heavy (non-hydrogen) atoms. The molecule has 0 bridgehead atoms. The maximum Gasteiger partial charge on any atom is 0.227 e. The van der Waals surface area contributed by atoms with Crippen LogP contribution in [0.2, 0.25) is 0 Å². The average Bonchev–Trinajstić information content (AvgIpc) is 2.92. The molecule has 1 atom stereocenters. The Bertz CT molecular complexity index is 407. The third-order valence-electron chi connectivity index (χ3n) is 4.09. The number of amides is 1. The lowest BCUT2D eigenvalue weighted by Crippen LogP contribution is -2.21. The second kappa shape index (κ2) is 6.03. The van der Waals surface area contributed by atoms with Gasteiger partial charge in [0, 0.05) is 11.6 Å². The van der Waals surface area contributed by atoms with Crippen molar-refractivity contribution in [3.8, 4) is 0 Å². The number of carbonyl (C=O) groups is 1. The van der Waals surface area contributed by atoms with Crippen molar-refractivity contribution < 1.29 is 4.79 Å². The van der Waals surface area contributed by atoms with Gasteiger partial charge in [-0.2, -0.15) is 0 Å². The summed E-state index contributed by atoms with van der Waals surface area (Å²) in [6.07, 6.45) is 5.60. The van der Waals surface area contributed by atoms with Crippen LogP contribution < -0.4 is 5.32 Å². The van der Waals surface area contributed by atoms with Crippen LogP contribution in [0.25, 0.3) is 0 Å². The summed E-state index contributed by atoms with van der Waals surface area (Å²) in [7, 11) is 0. The number of nitrogens with one attached hydrogen (secondary N) is 1. The highest BCUT2D eigenvalue weighted by Gasteiger charge is 2.23. The Morgan fingerprint density at radius 2 is 2.00 bits per heavy atom. The molecule has 2 rings (SSSR count). The quantitative estimate of drug-likeness (QED) is 0.840. The first-order valence-corrected chi connectivity index (χ1v) is 7.12. The normalized spacial score (nSPS) is 17.7. The summed E-state index contributed by atoms with van der Waals surface area (Å²) >= 11 is 0. The van der Waals surface area contributed by atoms with Gasteiger partial charge in [-0.15, -0.1) is 0 Å². The lowest BCUT2D eigenvalue weighted by molar-refractivity contribution is -0.119. The molecule has 1 aliphatic rings. The average molecular weight is 245 g/mol. The maximum atomic E-state index is 12.2. The van der Waals surface area contributed by atoms with Crippen molar-refractivity contribution in [3.05, 3.63) is 29.8 Å². The van der Waals surface area contributed by atoms with Crippen molar-refractivity contribution >= 4 is 11.6 Å². The summed E-state index contributed by atoms with van der Waals surface area (Å²) in [4.78, 5) is 12.2. The van der Waals surface area contributed by atoms with Crippen LogP contribution in [0.3, 0.4) is 0 Å². The van der Waals surface area contributed by atoms with E-state index in [0.717, 1.165) is 24.9 Å². The van der Waals surface area contributed by atoms with E-state index in [1.165, 1.54) is 18.4 Å². The standard InChI is InChI=1S/C16H23NO/c1-3-12(2)14-10-6-7-11-15(14)17-16(18)13-8-4-5-9-13/h6-7,10-13H,3-5,8-9H2,1-2H3,(H,17,18)/t12-/m1/s1. The molecule has 0 spiro atoms. The molecular weight excluding hydrogens is 222 g/mol. The number of para-hydroxylation sites is 1. The molecule has 2 nitrogen and oxygen atoms in total. The van der Waals surface area contributed by atoms with Crippen LogP contribution in [0, 0.1) is 5.92 Å². The van der Waals surface area contributed by atoms with E-state index in [1.54, 1.807) is 0 Å². The zero-order valence-electron chi connectivity index (χ0n) is 11.4. The summed E-state index contributed by atoms with van der Waals surface area (Å²) < 4.78 is 0. The van der Waals surface area contributed by atoms with E-state index in [1.807, 2.05) is 18.2 Å². The third kappa shape index (κ3) is 2.92. The van der Waals surface area contributed by atoms with Gasteiger partial charge in [0.1, 0.15) is 0 Å². The molecule has 2 heteroatoms. The lowest BCUT2D eigenvalue weighted by atomic mass is 9.96. The van der Waals surface area contributed by atoms with Crippen molar-refractivity contribution in [1.29, 1.82) is 0 Å². The summed E-state index contributed by atoms with van der Waals surface area (Å²) in [6.45, 7) is 4.39. The van der Waals surface area contributed by atoms with Gasteiger partial charge in [0.05, 0.1) is 0 Å². The van der Waals surface area contributed by atoms with E-state index in [9.17, 15) is 4.79 Å². The fourth-order valence-electron chi connectivity index (χ4n) is 2.68. The number of benzene rings is 1. The molecule has 1 aromatic carbocycles. The molecule has 98 valence electrons. The third-order valence-corrected chi connectivity index (χ3v) is 4.09. The van der Waals surface area contributed by atoms with Gasteiger partial charge in [-0.05, 0) is 36.8 Å². The summed E-state index contributed by atoms with van der Waals surface area (Å²) in [5, 5.41) is 3.13. The minimum Gasteiger partial charge on any atom is -0.326 e. The van der Waals surface area contributed by atoms with Gasteiger partial charge in [-0.3, -0.25) is 4.79 Å². The molecule has 1 fully saturated rings. The Morgan fingerprint density at radius 3 is 2.67 bits per heavy atom. The van der Waals surface area contributed by atoms with Crippen LogP contribution in [0.4, 0.5) is 5.69 Å². The van der Waals surface area contributed by atoms with E-state index in [-0.39, 0.29) is 11.8 Å². The van der Waals surface area contributed by atoms with Crippen LogP contribution in [0.15, 0.2) is 24.3 Å². The second-order valence-corrected chi connectivity index (χ2v) is 5.37. The van der Waals surface area contributed by atoms with Crippen molar-refractivity contribution in [2.45, 2.75) is 51.9 Å². The fourth-order valence-corrected chi connectivity index (χ4v) is 2.68. The fraction of sp³-hybridized carbons (Fsp3) is 0.562. The number of rotatable bonds is 4. The largest absolute Gasteiger partial charge is 0.326 e. The van der Waals surface area contributed by atoms with Gasteiger partial charge in [0.2, 0.25) is 5.91 Å². The van der Waals surface area contributed by atoms with Crippen molar-refractivity contribution in [2.24, 2.45) is 5.92 Å². The van der Waals surface area contributed by atoms with Gasteiger partial charge >= 0.3 is 0 Å². The second-order valence-electron chi connectivity index (χ2n) is 5.37. The van der Waals surface area contributed by atoms with E-state index in [2.05, 4.69) is 25.2 Å². The van der Waals surface area contributed by atoms with Crippen molar-refractivity contribution in [2.75, 3.05) is 5.32 Å². The van der Waals surface area contributed by atoms with E-state index in [0.29, 0.717) is 5.92 Å². The van der Waals surface area contributed by atoms with Crippen molar-refractivity contribution in [1.82, 2.24) is 0 Å². The molecule has 0 unspecified atom stereocenters. The number of carbonyl (C=O) groups excluding carboxylic acids is 1. The first kappa shape index (κ1) is 13.1. The molecule has 1 aromatic rings. The van der Waals surface area contributed by atoms with Crippen LogP contribution in [0.1, 0.15) is 57.4 Å². The highest BCUT2D eigenvalue weighted by Crippen LogP contribution is 2.29. The summed E-state index contributed by atoms with van der Waals surface area (Å²) in [5.41, 5.74) is 2.26. The molecule has 0 aromatic heterocycles. The summed E-state index contributed by atoms with van der Waals surface area (Å²) in [5.74, 6) is 0.934. The molecule has 1 aliphatic carbocycles. The van der Waals surface area contributed by atoms with Gasteiger partial charge < -0.3 is 5.32 Å². The lowest BCUT2D eigenvalue weighted by Gasteiger charge is -2.17. The topological polar surface area (TPSA) is 29.1 Å². The number of hydrogen-bond acceptors (Lipinski definition) is 1. The zero-order chi connectivity index (χ0) is 13.0. The molecule has 0 radical (unpaired) electrons. The molecule has 0 saturated heterocycles. The van der Waals surface area contributed by atoms with Crippen LogP contribution in [0.5, 0.6) is 0 Å². The monoisotopic (exact) mass is 245 g/mol. The van der Waals surface area contributed by atoms with Gasteiger partial charge in [-0.1, -0.05) is 44.9 Å². The number of hydrogen-bond donors (Lipinski definition) is 1. The predicted molar refractivity (Wildman–Crippen MR) is 75.7 cm³/mol. The maximum absolute atomic E-state index is 12.2. The van der Waals surface area contributed by atoms with E-state index < -0.39 is 0 Å². The van der Waals surface area contributed by atoms with E-state index >= 15 is 0 Å². The van der Waals surface area contributed by atoms with Crippen LogP contribution in [-0.4, -0.2) is 5.91 Å². The highest BCUT2D eigenvalue weighted by atomic mass is 16.1. The zero-order valence-corrected chi connectivity index (χ0v) is 11.4. The number of anilines is 1. The minimum atomic E-state index is 0.211. The van der Waals surface area contributed by atoms with Gasteiger partial charge in [0.25, 0.3) is 0 Å². The Hall–Kier alpha value is -1.31. The molecule has 1 N–H and O–H groups in total. The molecule has 0 aliphatic heterocycles. The Balaban J connectivity index is 2.10. The highest BCUT2D eigenvalue weighted by molar-refractivity contribution is 5.93. The predicted octanol–water partition coefficient (Wildman–Crippen LogP) is 4.33. The van der Waals surface area contributed by atoms with Crippen LogP contribution in [-0.2, 0) is 4.79 Å². The van der Waals surface area contributed by atoms with Crippen LogP contribution >= 0.6 is 0 Å². The molecule has 1 saturated carbocycles. The molecular formula is C16H23NO. The minimum absolute atomic E-state index is 0.211. The first-order valence-electron chi connectivity index (χ1n) is 7.12. The SMILES string of the molecule is CC[C@@H](C)c1ccccc1NC(=O)C1CCCC1. The van der Waals surface area contributed by atoms with E-state index in [4.69, 9.17) is 0 Å². The first-order chi connectivity index (χ1) is 8.72. The molecule has 1 amide bonds. The Labute approximate surface area is 110 Å². The Kier molecular flexibility index (Phi) is 4.40.